The van der Waals surface area contributed by atoms with Crippen molar-refractivity contribution in [2.75, 3.05) is 5.32 Å². The zero-order valence-electron chi connectivity index (χ0n) is 15.9. The van der Waals surface area contributed by atoms with Crippen LogP contribution in [0.1, 0.15) is 71.3 Å². The average molecular weight is 329 g/mol. The highest BCUT2D eigenvalue weighted by Crippen LogP contribution is 2.31. The maximum absolute atomic E-state index is 6.80. The molecule has 3 N–H and O–H groups in total. The van der Waals surface area contributed by atoms with Crippen LogP contribution in [0.2, 0.25) is 0 Å². The molecule has 134 valence electrons. The van der Waals surface area contributed by atoms with Gasteiger partial charge in [-0.3, -0.25) is 0 Å². The highest BCUT2D eigenvalue weighted by molar-refractivity contribution is 5.51. The fraction of sp³-hybridized carbons (Fsp3) is 0.545. The first kappa shape index (κ1) is 20.5. The number of nitrogens with two attached hydrogens (primary N) is 1. The highest BCUT2D eigenvalue weighted by Gasteiger charge is 2.25. The summed E-state index contributed by atoms with van der Waals surface area (Å²) in [5.41, 5.74) is 9.66. The molecule has 0 fully saturated rings. The van der Waals surface area contributed by atoms with Gasteiger partial charge in [0, 0.05) is 16.9 Å². The molecule has 2 heteroatoms. The Morgan fingerprint density at radius 3 is 2.42 bits per heavy atom. The number of anilines is 1. The lowest BCUT2D eigenvalue weighted by Gasteiger charge is -2.30. The predicted octanol–water partition coefficient (Wildman–Crippen LogP) is 6.36. The van der Waals surface area contributed by atoms with Crippen molar-refractivity contribution in [2.24, 2.45) is 11.7 Å². The Hall–Kier alpha value is -1.54. The average Bonchev–Trinajstić information content (AvgIpc) is 2.59. The maximum Gasteiger partial charge on any atom is 0.0409 e. The van der Waals surface area contributed by atoms with Crippen molar-refractivity contribution in [3.05, 3.63) is 54.8 Å². The van der Waals surface area contributed by atoms with Gasteiger partial charge in [0.25, 0.3) is 0 Å². The molecular weight excluding hydrogens is 292 g/mol. The molecule has 1 aromatic rings. The van der Waals surface area contributed by atoms with Crippen LogP contribution in [0.25, 0.3) is 0 Å². The van der Waals surface area contributed by atoms with Gasteiger partial charge in [-0.2, -0.15) is 0 Å². The SMILES string of the molecule is C=CC(=C)Nc1ccc(C(N)(CCC)CCCCC(C)CC)cc1. The molecule has 0 aliphatic rings. The van der Waals surface area contributed by atoms with Crippen molar-refractivity contribution in [2.45, 2.75) is 71.3 Å². The van der Waals surface area contributed by atoms with E-state index >= 15 is 0 Å². The molecule has 0 aliphatic carbocycles. The van der Waals surface area contributed by atoms with E-state index in [4.69, 9.17) is 5.73 Å². The van der Waals surface area contributed by atoms with Crippen LogP contribution < -0.4 is 11.1 Å². The number of nitrogens with one attached hydrogen (secondary N) is 1. The lowest BCUT2D eigenvalue weighted by Crippen LogP contribution is -2.36. The van der Waals surface area contributed by atoms with Crippen molar-refractivity contribution in [3.63, 3.8) is 0 Å². The minimum Gasteiger partial charge on any atom is -0.356 e. The van der Waals surface area contributed by atoms with Gasteiger partial charge in [-0.1, -0.05) is 78.2 Å². The second-order valence-electron chi connectivity index (χ2n) is 7.10. The molecule has 0 amide bonds. The van der Waals surface area contributed by atoms with E-state index in [9.17, 15) is 0 Å². The molecule has 2 unspecified atom stereocenters. The Labute approximate surface area is 149 Å². The van der Waals surface area contributed by atoms with Gasteiger partial charge in [-0.05, 0) is 42.5 Å². The number of rotatable bonds is 12. The van der Waals surface area contributed by atoms with E-state index in [0.717, 1.165) is 36.6 Å². The third kappa shape index (κ3) is 6.52. The van der Waals surface area contributed by atoms with Crippen LogP contribution in [0.3, 0.4) is 0 Å². The van der Waals surface area contributed by atoms with Gasteiger partial charge in [0.2, 0.25) is 0 Å². The zero-order chi connectivity index (χ0) is 18.0. The summed E-state index contributed by atoms with van der Waals surface area (Å²) in [5, 5.41) is 3.22. The lowest BCUT2D eigenvalue weighted by molar-refractivity contribution is 0.348. The summed E-state index contributed by atoms with van der Waals surface area (Å²) >= 11 is 0. The van der Waals surface area contributed by atoms with Crippen LogP contribution in [0.4, 0.5) is 5.69 Å². The van der Waals surface area contributed by atoms with Crippen molar-refractivity contribution >= 4 is 5.69 Å². The van der Waals surface area contributed by atoms with E-state index in [1.807, 2.05) is 0 Å². The molecule has 0 aliphatic heterocycles. The van der Waals surface area contributed by atoms with Crippen LogP contribution in [-0.4, -0.2) is 0 Å². The first-order valence-corrected chi connectivity index (χ1v) is 9.43. The molecule has 0 spiro atoms. The topological polar surface area (TPSA) is 38.0 Å². The van der Waals surface area contributed by atoms with Gasteiger partial charge in [-0.15, -0.1) is 0 Å². The number of benzene rings is 1. The minimum absolute atomic E-state index is 0.210. The van der Waals surface area contributed by atoms with Crippen LogP contribution >= 0.6 is 0 Å². The van der Waals surface area contributed by atoms with Gasteiger partial charge < -0.3 is 11.1 Å². The van der Waals surface area contributed by atoms with Crippen LogP contribution in [0, 0.1) is 5.92 Å². The Morgan fingerprint density at radius 1 is 1.21 bits per heavy atom. The Morgan fingerprint density at radius 2 is 1.88 bits per heavy atom. The fourth-order valence-corrected chi connectivity index (χ4v) is 3.12. The molecular formula is C22H36N2. The summed E-state index contributed by atoms with van der Waals surface area (Å²) in [4.78, 5) is 0. The molecule has 0 aromatic heterocycles. The second kappa shape index (κ2) is 10.4. The largest absolute Gasteiger partial charge is 0.356 e. The Bertz CT molecular complexity index is 503. The fourth-order valence-electron chi connectivity index (χ4n) is 3.12. The van der Waals surface area contributed by atoms with Gasteiger partial charge in [0.15, 0.2) is 0 Å². The lowest BCUT2D eigenvalue weighted by atomic mass is 9.81. The predicted molar refractivity (Wildman–Crippen MR) is 108 cm³/mol. The number of hydrogen-bond donors (Lipinski definition) is 2. The third-order valence-electron chi connectivity index (χ3n) is 4.97. The molecule has 1 rings (SSSR count). The monoisotopic (exact) mass is 328 g/mol. The maximum atomic E-state index is 6.80. The third-order valence-corrected chi connectivity index (χ3v) is 4.97. The minimum atomic E-state index is -0.210. The number of allylic oxidation sites excluding steroid dienone is 1. The second-order valence-corrected chi connectivity index (χ2v) is 7.10. The smallest absolute Gasteiger partial charge is 0.0409 e. The molecule has 1 aromatic carbocycles. The van der Waals surface area contributed by atoms with E-state index in [0.29, 0.717) is 0 Å². The van der Waals surface area contributed by atoms with E-state index in [1.54, 1.807) is 6.08 Å². The van der Waals surface area contributed by atoms with Gasteiger partial charge >= 0.3 is 0 Å². The summed E-state index contributed by atoms with van der Waals surface area (Å²) in [6.45, 7) is 14.4. The van der Waals surface area contributed by atoms with E-state index < -0.39 is 0 Å². The van der Waals surface area contributed by atoms with Gasteiger partial charge in [0.1, 0.15) is 0 Å². The van der Waals surface area contributed by atoms with Gasteiger partial charge in [-0.25, -0.2) is 0 Å². The van der Waals surface area contributed by atoms with Crippen molar-refractivity contribution in [3.8, 4) is 0 Å². The summed E-state index contributed by atoms with van der Waals surface area (Å²) in [5.74, 6) is 0.826. The normalized spacial score (nSPS) is 14.7. The van der Waals surface area contributed by atoms with E-state index in [-0.39, 0.29) is 5.54 Å². The summed E-state index contributed by atoms with van der Waals surface area (Å²) in [7, 11) is 0. The van der Waals surface area contributed by atoms with Crippen molar-refractivity contribution < 1.29 is 0 Å². The molecule has 0 saturated heterocycles. The summed E-state index contributed by atoms with van der Waals surface area (Å²) < 4.78 is 0. The van der Waals surface area contributed by atoms with E-state index in [2.05, 4.69) is 63.5 Å². The molecule has 0 radical (unpaired) electrons. The zero-order valence-corrected chi connectivity index (χ0v) is 15.9. The molecule has 2 nitrogen and oxygen atoms in total. The van der Waals surface area contributed by atoms with Crippen molar-refractivity contribution in [1.82, 2.24) is 0 Å². The Balaban J connectivity index is 2.71. The van der Waals surface area contributed by atoms with Gasteiger partial charge in [0.05, 0.1) is 0 Å². The van der Waals surface area contributed by atoms with Crippen LogP contribution in [0.15, 0.2) is 49.2 Å². The van der Waals surface area contributed by atoms with Crippen molar-refractivity contribution in [1.29, 1.82) is 0 Å². The quantitative estimate of drug-likeness (QED) is 0.346. The van der Waals surface area contributed by atoms with E-state index in [1.165, 1.54) is 31.2 Å². The molecule has 0 bridgehead atoms. The first-order chi connectivity index (χ1) is 11.4. The first-order valence-electron chi connectivity index (χ1n) is 9.43. The van der Waals surface area contributed by atoms with Crippen LogP contribution in [-0.2, 0) is 5.54 Å². The number of unbranched alkanes of at least 4 members (excludes halogenated alkanes) is 1. The van der Waals surface area contributed by atoms with Crippen LogP contribution in [0.5, 0.6) is 0 Å². The molecule has 0 saturated carbocycles. The number of hydrogen-bond acceptors (Lipinski definition) is 2. The molecule has 24 heavy (non-hydrogen) atoms. The standard InChI is InChI=1S/C22H36N2/c1-6-16-22(23,17-10-9-11-18(4)7-2)20-12-14-21(15-13-20)24-19(5)8-3/h8,12-15,18,24H,3,5-7,9-11,16-17,23H2,1-2,4H3. The molecule has 0 heterocycles. The highest BCUT2D eigenvalue weighted by atomic mass is 14.9. The summed E-state index contributed by atoms with van der Waals surface area (Å²) in [6, 6.07) is 8.48. The summed E-state index contributed by atoms with van der Waals surface area (Å²) in [6.07, 6.45) is 9.97. The molecule has 2 atom stereocenters. The Kier molecular flexibility index (Phi) is 8.84.